The normalized spacial score (nSPS) is 9.72. The van der Waals surface area contributed by atoms with Crippen LogP contribution in [0.4, 0.5) is 5.82 Å². The zero-order chi connectivity index (χ0) is 13.5. The average molecular weight is 274 g/mol. The van der Waals surface area contributed by atoms with E-state index in [9.17, 15) is 9.59 Å². The molecule has 0 aliphatic rings. The number of hydrogen-bond acceptors (Lipinski definition) is 7. The van der Waals surface area contributed by atoms with E-state index in [2.05, 4.69) is 19.4 Å². The molecule has 18 heavy (non-hydrogen) atoms. The maximum atomic E-state index is 11.3. The molecule has 1 aromatic heterocycles. The van der Waals surface area contributed by atoms with Crippen LogP contribution in [0.25, 0.3) is 0 Å². The van der Waals surface area contributed by atoms with Gasteiger partial charge < -0.3 is 14.4 Å². The van der Waals surface area contributed by atoms with Crippen molar-refractivity contribution in [3.63, 3.8) is 0 Å². The number of nitrogens with zero attached hydrogens (tertiary/aromatic N) is 3. The third-order valence-electron chi connectivity index (χ3n) is 2.04. The molecule has 0 amide bonds. The van der Waals surface area contributed by atoms with Gasteiger partial charge in [-0.25, -0.2) is 9.97 Å². The smallest absolute Gasteiger partial charge is 0.325 e. The van der Waals surface area contributed by atoms with Gasteiger partial charge in [0.05, 0.1) is 20.4 Å². The molecule has 0 fully saturated rings. The number of halogens is 1. The molecule has 98 valence electrons. The lowest BCUT2D eigenvalue weighted by atomic mass is 10.4. The molecule has 0 radical (unpaired) electrons. The maximum Gasteiger partial charge on any atom is 0.325 e. The SMILES string of the molecule is COC(=O)CN(CC(=O)OC)c1ncncc1Cl. The van der Waals surface area contributed by atoms with E-state index in [4.69, 9.17) is 11.6 Å². The summed E-state index contributed by atoms with van der Waals surface area (Å²) >= 11 is 5.90. The molecule has 0 unspecified atom stereocenters. The van der Waals surface area contributed by atoms with Crippen LogP contribution in [0.5, 0.6) is 0 Å². The highest BCUT2D eigenvalue weighted by atomic mass is 35.5. The minimum Gasteiger partial charge on any atom is -0.468 e. The fraction of sp³-hybridized carbons (Fsp3) is 0.400. The fourth-order valence-corrected chi connectivity index (χ4v) is 1.41. The second-order valence-electron chi connectivity index (χ2n) is 3.20. The van der Waals surface area contributed by atoms with Crippen LogP contribution < -0.4 is 4.90 Å². The Hall–Kier alpha value is -1.89. The van der Waals surface area contributed by atoms with Crippen LogP contribution >= 0.6 is 11.6 Å². The van der Waals surface area contributed by atoms with Crippen LogP contribution in [0.15, 0.2) is 12.5 Å². The Kier molecular flexibility index (Phi) is 5.31. The summed E-state index contributed by atoms with van der Waals surface area (Å²) in [5.74, 6) is -0.773. The zero-order valence-corrected chi connectivity index (χ0v) is 10.7. The molecule has 0 bridgehead atoms. The monoisotopic (exact) mass is 273 g/mol. The average Bonchev–Trinajstić information content (AvgIpc) is 2.38. The zero-order valence-electron chi connectivity index (χ0n) is 9.92. The molecule has 0 spiro atoms. The van der Waals surface area contributed by atoms with Crippen LogP contribution in [0.3, 0.4) is 0 Å². The Bertz CT molecular complexity index is 423. The topological polar surface area (TPSA) is 81.6 Å². The van der Waals surface area contributed by atoms with Crippen molar-refractivity contribution in [3.8, 4) is 0 Å². The van der Waals surface area contributed by atoms with Crippen molar-refractivity contribution in [3.05, 3.63) is 17.5 Å². The van der Waals surface area contributed by atoms with Gasteiger partial charge in [0.2, 0.25) is 0 Å². The number of carbonyl (C=O) groups is 2. The van der Waals surface area contributed by atoms with Crippen LogP contribution in [-0.2, 0) is 19.1 Å². The van der Waals surface area contributed by atoms with Crippen molar-refractivity contribution in [2.24, 2.45) is 0 Å². The first-order valence-corrected chi connectivity index (χ1v) is 5.30. The predicted molar refractivity (Wildman–Crippen MR) is 63.3 cm³/mol. The summed E-state index contributed by atoms with van der Waals surface area (Å²) < 4.78 is 9.08. The number of carbonyl (C=O) groups excluding carboxylic acids is 2. The van der Waals surface area contributed by atoms with Crippen molar-refractivity contribution in [1.82, 2.24) is 9.97 Å². The third kappa shape index (κ3) is 3.85. The predicted octanol–water partition coefficient (Wildman–Crippen LogP) is 0.282. The summed E-state index contributed by atoms with van der Waals surface area (Å²) in [6, 6.07) is 0. The second-order valence-corrected chi connectivity index (χ2v) is 3.61. The number of esters is 2. The third-order valence-corrected chi connectivity index (χ3v) is 2.31. The Labute approximate surface area is 109 Å². The lowest BCUT2D eigenvalue weighted by Gasteiger charge is -2.21. The molecule has 0 aliphatic heterocycles. The van der Waals surface area contributed by atoms with Gasteiger partial charge in [-0.15, -0.1) is 0 Å². The van der Waals surface area contributed by atoms with Crippen LogP contribution in [0.2, 0.25) is 5.02 Å². The van der Waals surface area contributed by atoms with Crippen LogP contribution in [-0.4, -0.2) is 49.2 Å². The summed E-state index contributed by atoms with van der Waals surface area (Å²) in [7, 11) is 2.50. The number of ether oxygens (including phenoxy) is 2. The molecule has 0 saturated heterocycles. The minimum absolute atomic E-state index is 0.164. The van der Waals surface area contributed by atoms with Crippen molar-refractivity contribution >= 4 is 29.4 Å². The molecule has 1 aromatic rings. The van der Waals surface area contributed by atoms with Crippen LogP contribution in [0, 0.1) is 0 Å². The summed E-state index contributed by atoms with van der Waals surface area (Å²) in [4.78, 5) is 31.5. The van der Waals surface area contributed by atoms with Crippen molar-refractivity contribution in [2.75, 3.05) is 32.2 Å². The number of aromatic nitrogens is 2. The number of hydrogen-bond donors (Lipinski definition) is 0. The quantitative estimate of drug-likeness (QED) is 0.713. The van der Waals surface area contributed by atoms with Gasteiger partial charge in [-0.3, -0.25) is 9.59 Å². The first kappa shape index (κ1) is 14.2. The largest absolute Gasteiger partial charge is 0.468 e. The molecule has 1 heterocycles. The van der Waals surface area contributed by atoms with Gasteiger partial charge in [0.15, 0.2) is 5.82 Å². The molecule has 0 saturated carbocycles. The van der Waals surface area contributed by atoms with Gasteiger partial charge in [0.25, 0.3) is 0 Å². The van der Waals surface area contributed by atoms with E-state index < -0.39 is 11.9 Å². The number of methoxy groups -OCH3 is 2. The second kappa shape index (κ2) is 6.75. The van der Waals surface area contributed by atoms with Gasteiger partial charge in [-0.1, -0.05) is 11.6 Å². The maximum absolute atomic E-state index is 11.3. The molecule has 8 heteroatoms. The standard InChI is InChI=1S/C10H12ClN3O4/c1-17-8(15)4-14(5-9(16)18-2)10-7(11)3-12-6-13-10/h3,6H,4-5H2,1-2H3. The Morgan fingerprint density at radius 3 is 2.28 bits per heavy atom. The van der Waals surface area contributed by atoms with Crippen molar-refractivity contribution in [1.29, 1.82) is 0 Å². The first-order chi connectivity index (χ1) is 8.58. The van der Waals surface area contributed by atoms with E-state index in [0.717, 1.165) is 0 Å². The molecule has 0 aliphatic carbocycles. The van der Waals surface area contributed by atoms with Gasteiger partial charge in [0, 0.05) is 0 Å². The number of anilines is 1. The van der Waals surface area contributed by atoms with Gasteiger partial charge in [-0.2, -0.15) is 0 Å². The summed E-state index contributed by atoms with van der Waals surface area (Å²) in [5.41, 5.74) is 0. The molecule has 1 rings (SSSR count). The highest BCUT2D eigenvalue weighted by Crippen LogP contribution is 2.21. The molecule has 0 aromatic carbocycles. The Morgan fingerprint density at radius 1 is 1.28 bits per heavy atom. The lowest BCUT2D eigenvalue weighted by Crippen LogP contribution is -2.36. The van der Waals surface area contributed by atoms with Gasteiger partial charge >= 0.3 is 11.9 Å². The van der Waals surface area contributed by atoms with E-state index in [1.807, 2.05) is 0 Å². The molecular formula is C10H12ClN3O4. The van der Waals surface area contributed by atoms with Gasteiger partial charge in [0.1, 0.15) is 24.4 Å². The fourth-order valence-electron chi connectivity index (χ4n) is 1.19. The van der Waals surface area contributed by atoms with Crippen molar-refractivity contribution in [2.45, 2.75) is 0 Å². The first-order valence-electron chi connectivity index (χ1n) is 4.92. The van der Waals surface area contributed by atoms with E-state index in [-0.39, 0.29) is 23.9 Å². The summed E-state index contributed by atoms with van der Waals surface area (Å²) in [6.07, 6.45) is 2.63. The highest BCUT2D eigenvalue weighted by Gasteiger charge is 2.19. The Morgan fingerprint density at radius 2 is 1.83 bits per heavy atom. The van der Waals surface area contributed by atoms with Crippen molar-refractivity contribution < 1.29 is 19.1 Å². The molecule has 0 atom stereocenters. The van der Waals surface area contributed by atoms with E-state index in [1.54, 1.807) is 0 Å². The molecular weight excluding hydrogens is 262 g/mol. The number of rotatable bonds is 5. The minimum atomic E-state index is -0.520. The summed E-state index contributed by atoms with van der Waals surface area (Å²) in [5, 5.41) is 0.227. The molecule has 7 nitrogen and oxygen atoms in total. The van der Waals surface area contributed by atoms with E-state index >= 15 is 0 Å². The highest BCUT2D eigenvalue weighted by molar-refractivity contribution is 6.32. The van der Waals surface area contributed by atoms with E-state index in [1.165, 1.54) is 31.6 Å². The van der Waals surface area contributed by atoms with Gasteiger partial charge in [-0.05, 0) is 0 Å². The Balaban J connectivity index is 2.93. The van der Waals surface area contributed by atoms with Crippen LogP contribution in [0.1, 0.15) is 0 Å². The lowest BCUT2D eigenvalue weighted by molar-refractivity contribution is -0.140. The summed E-state index contributed by atoms with van der Waals surface area (Å²) in [6.45, 7) is -0.329. The van der Waals surface area contributed by atoms with E-state index in [0.29, 0.717) is 0 Å². The molecule has 0 N–H and O–H groups in total.